The third kappa shape index (κ3) is 3.46. The van der Waals surface area contributed by atoms with E-state index in [4.69, 9.17) is 0 Å². The summed E-state index contributed by atoms with van der Waals surface area (Å²) in [4.78, 5) is 0. The average Bonchev–Trinajstić information content (AvgIpc) is 3.06. The van der Waals surface area contributed by atoms with Crippen molar-refractivity contribution in [3.8, 4) is 0 Å². The number of fused-ring (bicyclic) bond motifs is 5. The summed E-state index contributed by atoms with van der Waals surface area (Å²) in [6.07, 6.45) is 14.2. The first-order valence-corrected chi connectivity index (χ1v) is 13.1. The molecule has 3 unspecified atom stereocenters. The molecule has 0 aliphatic heterocycles. The normalized spacial score (nSPS) is 46.6. The standard InChI is InChI=1S/C29H48O/c1-18(2)19(3)8-9-20(4)23-12-13-25-22-10-11-24-21(5)27(30)15-17-29(24,7)26(22)14-16-28(23,25)6/h10,18,20-21,23-27,30H,3,8-9,11-17H2,1-2,4-7H3/t20-,21?,23-,24+,25?,26?,27+,28-,29+/m1/s1. The zero-order chi connectivity index (χ0) is 21.8. The van der Waals surface area contributed by atoms with Crippen LogP contribution in [0.15, 0.2) is 23.8 Å². The Hall–Kier alpha value is -0.560. The minimum atomic E-state index is -0.0795. The molecule has 170 valence electrons. The van der Waals surface area contributed by atoms with Crippen LogP contribution in [0.2, 0.25) is 0 Å². The van der Waals surface area contributed by atoms with Gasteiger partial charge in [-0.2, -0.15) is 0 Å². The first kappa shape index (κ1) is 22.6. The maximum atomic E-state index is 10.5. The minimum Gasteiger partial charge on any atom is -0.393 e. The van der Waals surface area contributed by atoms with Gasteiger partial charge < -0.3 is 5.11 Å². The predicted octanol–water partition coefficient (Wildman–Crippen LogP) is 7.80. The van der Waals surface area contributed by atoms with Crippen LogP contribution in [0.3, 0.4) is 0 Å². The van der Waals surface area contributed by atoms with Crippen LogP contribution in [0.4, 0.5) is 0 Å². The summed E-state index contributed by atoms with van der Waals surface area (Å²) < 4.78 is 0. The number of hydrogen-bond donors (Lipinski definition) is 1. The highest BCUT2D eigenvalue weighted by Gasteiger charge is 2.59. The fourth-order valence-corrected chi connectivity index (χ4v) is 8.82. The average molecular weight is 413 g/mol. The number of aliphatic hydroxyl groups is 1. The molecule has 0 aromatic heterocycles. The molecule has 0 spiro atoms. The van der Waals surface area contributed by atoms with Gasteiger partial charge in [0.15, 0.2) is 0 Å². The summed E-state index contributed by atoms with van der Waals surface area (Å²) >= 11 is 0. The van der Waals surface area contributed by atoms with Crippen LogP contribution in [-0.4, -0.2) is 11.2 Å². The molecule has 4 aliphatic carbocycles. The van der Waals surface area contributed by atoms with E-state index in [0.717, 1.165) is 30.1 Å². The topological polar surface area (TPSA) is 20.2 Å². The molecule has 9 atom stereocenters. The number of aliphatic hydroxyl groups excluding tert-OH is 1. The Labute approximate surface area is 186 Å². The van der Waals surface area contributed by atoms with Crippen LogP contribution >= 0.6 is 0 Å². The van der Waals surface area contributed by atoms with Crippen LogP contribution in [0, 0.1) is 52.3 Å². The van der Waals surface area contributed by atoms with E-state index in [1.54, 1.807) is 0 Å². The van der Waals surface area contributed by atoms with Gasteiger partial charge >= 0.3 is 0 Å². The molecular formula is C29H48O. The van der Waals surface area contributed by atoms with Gasteiger partial charge in [0.2, 0.25) is 0 Å². The molecule has 30 heavy (non-hydrogen) atoms. The fourth-order valence-electron chi connectivity index (χ4n) is 8.82. The van der Waals surface area contributed by atoms with E-state index in [-0.39, 0.29) is 6.10 Å². The Morgan fingerprint density at radius 1 is 1.07 bits per heavy atom. The molecular weight excluding hydrogens is 364 g/mol. The van der Waals surface area contributed by atoms with Crippen molar-refractivity contribution in [3.63, 3.8) is 0 Å². The molecule has 1 heteroatoms. The predicted molar refractivity (Wildman–Crippen MR) is 128 cm³/mol. The fraction of sp³-hybridized carbons (Fsp3) is 0.862. The van der Waals surface area contributed by atoms with E-state index in [1.807, 2.05) is 5.57 Å². The molecule has 0 amide bonds. The second kappa shape index (κ2) is 8.09. The van der Waals surface area contributed by atoms with Gasteiger partial charge in [0.05, 0.1) is 6.10 Å². The Morgan fingerprint density at radius 3 is 2.43 bits per heavy atom. The van der Waals surface area contributed by atoms with Gasteiger partial charge in [-0.15, -0.1) is 0 Å². The van der Waals surface area contributed by atoms with Crippen LogP contribution < -0.4 is 0 Å². The summed E-state index contributed by atoms with van der Waals surface area (Å²) in [6.45, 7) is 19.0. The van der Waals surface area contributed by atoms with Crippen molar-refractivity contribution >= 4 is 0 Å². The van der Waals surface area contributed by atoms with Gasteiger partial charge in [-0.3, -0.25) is 0 Å². The van der Waals surface area contributed by atoms with Crippen molar-refractivity contribution in [1.82, 2.24) is 0 Å². The van der Waals surface area contributed by atoms with E-state index in [0.29, 0.717) is 28.6 Å². The van der Waals surface area contributed by atoms with Gasteiger partial charge in [0, 0.05) is 0 Å². The Kier molecular flexibility index (Phi) is 6.10. The lowest BCUT2D eigenvalue weighted by atomic mass is 9.46. The highest BCUT2D eigenvalue weighted by molar-refractivity contribution is 5.28. The molecule has 4 aliphatic rings. The molecule has 1 N–H and O–H groups in total. The van der Waals surface area contributed by atoms with Gasteiger partial charge in [-0.25, -0.2) is 0 Å². The maximum absolute atomic E-state index is 10.5. The van der Waals surface area contributed by atoms with Crippen molar-refractivity contribution in [3.05, 3.63) is 23.8 Å². The number of hydrogen-bond acceptors (Lipinski definition) is 1. The third-order valence-electron chi connectivity index (χ3n) is 11.1. The summed E-state index contributed by atoms with van der Waals surface area (Å²) in [5.41, 5.74) is 4.22. The summed E-state index contributed by atoms with van der Waals surface area (Å²) in [5, 5.41) is 10.5. The molecule has 0 saturated heterocycles. The molecule has 3 saturated carbocycles. The molecule has 0 radical (unpaired) electrons. The summed E-state index contributed by atoms with van der Waals surface area (Å²) in [7, 11) is 0. The minimum absolute atomic E-state index is 0.0795. The quantitative estimate of drug-likeness (QED) is 0.457. The van der Waals surface area contributed by atoms with Gasteiger partial charge in [0.25, 0.3) is 0 Å². The molecule has 0 heterocycles. The van der Waals surface area contributed by atoms with Crippen molar-refractivity contribution in [1.29, 1.82) is 0 Å². The molecule has 0 aromatic carbocycles. The van der Waals surface area contributed by atoms with Crippen molar-refractivity contribution in [2.45, 2.75) is 105 Å². The second-order valence-electron chi connectivity index (χ2n) is 12.7. The van der Waals surface area contributed by atoms with Crippen LogP contribution in [-0.2, 0) is 0 Å². The summed E-state index contributed by atoms with van der Waals surface area (Å²) in [5.74, 6) is 5.04. The monoisotopic (exact) mass is 412 g/mol. The molecule has 3 fully saturated rings. The Bertz CT molecular complexity index is 688. The van der Waals surface area contributed by atoms with E-state index in [9.17, 15) is 5.11 Å². The van der Waals surface area contributed by atoms with Crippen molar-refractivity contribution in [2.24, 2.45) is 52.3 Å². The first-order chi connectivity index (χ1) is 14.1. The largest absolute Gasteiger partial charge is 0.393 e. The van der Waals surface area contributed by atoms with E-state index < -0.39 is 0 Å². The lowest BCUT2D eigenvalue weighted by molar-refractivity contribution is -0.0773. The Morgan fingerprint density at radius 2 is 1.73 bits per heavy atom. The first-order valence-electron chi connectivity index (χ1n) is 13.1. The SMILES string of the molecule is C=C(CC[C@@H](C)[C@H]1CCC2C3=CC[C@H]4C(C)[C@@H](O)CC[C@]4(C)C3CC[C@@]21C)C(C)C. The van der Waals surface area contributed by atoms with Crippen molar-refractivity contribution < 1.29 is 5.11 Å². The van der Waals surface area contributed by atoms with Gasteiger partial charge in [0.1, 0.15) is 0 Å². The van der Waals surface area contributed by atoms with Crippen LogP contribution in [0.5, 0.6) is 0 Å². The third-order valence-corrected chi connectivity index (χ3v) is 11.1. The highest BCUT2D eigenvalue weighted by Crippen LogP contribution is 2.67. The molecule has 4 rings (SSSR count). The van der Waals surface area contributed by atoms with E-state index in [1.165, 1.54) is 56.9 Å². The molecule has 0 bridgehead atoms. The lowest BCUT2D eigenvalue weighted by Crippen LogP contribution is -2.52. The zero-order valence-corrected chi connectivity index (χ0v) is 20.7. The molecule has 0 aromatic rings. The number of rotatable bonds is 5. The van der Waals surface area contributed by atoms with E-state index in [2.05, 4.69) is 54.2 Å². The van der Waals surface area contributed by atoms with E-state index >= 15 is 0 Å². The smallest absolute Gasteiger partial charge is 0.0568 e. The highest BCUT2D eigenvalue weighted by atomic mass is 16.3. The second-order valence-corrected chi connectivity index (χ2v) is 12.7. The van der Waals surface area contributed by atoms with Gasteiger partial charge in [-0.05, 0) is 110 Å². The zero-order valence-electron chi connectivity index (χ0n) is 20.7. The molecule has 1 nitrogen and oxygen atoms in total. The van der Waals surface area contributed by atoms with Crippen LogP contribution in [0.25, 0.3) is 0 Å². The maximum Gasteiger partial charge on any atom is 0.0568 e. The number of allylic oxidation sites excluding steroid dienone is 3. The van der Waals surface area contributed by atoms with Crippen LogP contribution in [0.1, 0.15) is 99.3 Å². The lowest BCUT2D eigenvalue weighted by Gasteiger charge is -2.59. The Balaban J connectivity index is 1.52. The summed E-state index contributed by atoms with van der Waals surface area (Å²) in [6, 6.07) is 0. The van der Waals surface area contributed by atoms with Gasteiger partial charge in [-0.1, -0.05) is 65.3 Å². The van der Waals surface area contributed by atoms with Crippen molar-refractivity contribution in [2.75, 3.05) is 0 Å².